The molecule has 2 aromatic rings. The number of anilines is 1. The average molecular weight is 463 g/mol. The van der Waals surface area contributed by atoms with Crippen LogP contribution in [-0.2, 0) is 15.4 Å². The zero-order valence-electron chi connectivity index (χ0n) is 17.7. The lowest BCUT2D eigenvalue weighted by Gasteiger charge is -2.38. The van der Waals surface area contributed by atoms with Gasteiger partial charge in [-0.15, -0.1) is 0 Å². The summed E-state index contributed by atoms with van der Waals surface area (Å²) in [7, 11) is -3.73. The summed E-state index contributed by atoms with van der Waals surface area (Å²) < 4.78 is 49.6. The number of fused-ring (bicyclic) bond motifs is 1. The largest absolute Gasteiger partial charge is 0.483 e. The van der Waals surface area contributed by atoms with Crippen LogP contribution in [-0.4, -0.2) is 53.8 Å². The molecule has 1 aromatic heterocycles. The fraction of sp³-hybridized carbons (Fsp3) is 0.400. The van der Waals surface area contributed by atoms with Gasteiger partial charge < -0.3 is 20.5 Å². The van der Waals surface area contributed by atoms with Gasteiger partial charge >= 0.3 is 0 Å². The highest BCUT2D eigenvalue weighted by Gasteiger charge is 2.49. The Labute approximate surface area is 184 Å². The number of nitrogens with two attached hydrogens (primary N) is 1. The topological polar surface area (TPSA) is 146 Å². The van der Waals surface area contributed by atoms with Gasteiger partial charge in [-0.05, 0) is 39.0 Å². The SMILES string of the molecule is CC1(C)C(N)=N[C@](C)(c2cc(NC(=O)c3ncc4c(n3)OCCO4)ccc2F)CS1(=O)=O. The monoisotopic (exact) mass is 463 g/mol. The zero-order chi connectivity index (χ0) is 23.3. The molecule has 10 nitrogen and oxygen atoms in total. The van der Waals surface area contributed by atoms with Crippen LogP contribution in [0.5, 0.6) is 11.6 Å². The number of amides is 1. The number of rotatable bonds is 3. The minimum Gasteiger partial charge on any atom is -0.483 e. The number of amidine groups is 1. The molecule has 2 aliphatic rings. The number of aliphatic imine (C=N–C) groups is 1. The number of benzene rings is 1. The molecule has 170 valence electrons. The van der Waals surface area contributed by atoms with Crippen molar-refractivity contribution in [3.63, 3.8) is 0 Å². The number of nitrogens with zero attached hydrogens (tertiary/aromatic N) is 3. The fourth-order valence-electron chi connectivity index (χ4n) is 3.44. The highest BCUT2D eigenvalue weighted by atomic mass is 32.2. The quantitative estimate of drug-likeness (QED) is 0.695. The molecule has 2 aliphatic heterocycles. The van der Waals surface area contributed by atoms with Crippen molar-refractivity contribution in [3.8, 4) is 11.6 Å². The van der Waals surface area contributed by atoms with Crippen LogP contribution >= 0.6 is 0 Å². The van der Waals surface area contributed by atoms with Crippen molar-refractivity contribution in [2.24, 2.45) is 10.7 Å². The van der Waals surface area contributed by atoms with Gasteiger partial charge in [0.25, 0.3) is 11.8 Å². The predicted molar refractivity (Wildman–Crippen MR) is 114 cm³/mol. The first kappa shape index (κ1) is 21.9. The number of ether oxygens (including phenoxy) is 2. The van der Waals surface area contributed by atoms with Gasteiger partial charge in [0.1, 0.15) is 35.2 Å². The second-order valence-corrected chi connectivity index (χ2v) is 10.8. The van der Waals surface area contributed by atoms with Gasteiger partial charge in [-0.2, -0.15) is 4.98 Å². The van der Waals surface area contributed by atoms with E-state index in [1.54, 1.807) is 0 Å². The van der Waals surface area contributed by atoms with Crippen LogP contribution < -0.4 is 20.5 Å². The van der Waals surface area contributed by atoms with E-state index in [1.807, 2.05) is 0 Å². The van der Waals surface area contributed by atoms with Gasteiger partial charge in [-0.25, -0.2) is 17.8 Å². The normalized spacial score (nSPS) is 23.2. The van der Waals surface area contributed by atoms with Crippen molar-refractivity contribution >= 4 is 27.3 Å². The molecule has 0 spiro atoms. The number of halogens is 1. The summed E-state index contributed by atoms with van der Waals surface area (Å²) in [5.74, 6) is -1.56. The van der Waals surface area contributed by atoms with Gasteiger partial charge in [0.05, 0.1) is 11.9 Å². The van der Waals surface area contributed by atoms with Crippen molar-refractivity contribution in [1.82, 2.24) is 9.97 Å². The number of hydrogen-bond donors (Lipinski definition) is 2. The van der Waals surface area contributed by atoms with Gasteiger partial charge in [-0.3, -0.25) is 9.79 Å². The van der Waals surface area contributed by atoms with Crippen LogP contribution in [0, 0.1) is 5.82 Å². The summed E-state index contributed by atoms with van der Waals surface area (Å²) in [4.78, 5) is 24.9. The zero-order valence-corrected chi connectivity index (χ0v) is 18.5. The molecule has 1 atom stereocenters. The Morgan fingerprint density at radius 3 is 2.66 bits per heavy atom. The molecule has 3 N–H and O–H groups in total. The third-order valence-electron chi connectivity index (χ3n) is 5.54. The second kappa shape index (κ2) is 7.40. The first-order valence-corrected chi connectivity index (χ1v) is 11.4. The molecule has 0 saturated carbocycles. The van der Waals surface area contributed by atoms with Gasteiger partial charge in [-0.1, -0.05) is 0 Å². The Morgan fingerprint density at radius 2 is 1.94 bits per heavy atom. The van der Waals surface area contributed by atoms with Crippen molar-refractivity contribution in [1.29, 1.82) is 0 Å². The lowest BCUT2D eigenvalue weighted by Crippen LogP contribution is -2.55. The Bertz CT molecular complexity index is 1250. The van der Waals surface area contributed by atoms with Crippen molar-refractivity contribution in [2.45, 2.75) is 31.1 Å². The molecule has 0 radical (unpaired) electrons. The molecule has 3 heterocycles. The van der Waals surface area contributed by atoms with Crippen LogP contribution in [0.3, 0.4) is 0 Å². The van der Waals surface area contributed by atoms with Crippen molar-refractivity contribution in [3.05, 3.63) is 41.6 Å². The van der Waals surface area contributed by atoms with E-state index in [4.69, 9.17) is 15.2 Å². The van der Waals surface area contributed by atoms with Crippen LogP contribution in [0.2, 0.25) is 0 Å². The fourth-order valence-corrected chi connectivity index (χ4v) is 5.13. The number of sulfone groups is 1. The summed E-state index contributed by atoms with van der Waals surface area (Å²) in [6, 6.07) is 3.79. The maximum Gasteiger partial charge on any atom is 0.293 e. The molecule has 0 aliphatic carbocycles. The van der Waals surface area contributed by atoms with E-state index in [2.05, 4.69) is 20.3 Å². The van der Waals surface area contributed by atoms with E-state index < -0.39 is 37.6 Å². The van der Waals surface area contributed by atoms with Gasteiger partial charge in [0.2, 0.25) is 5.82 Å². The first-order valence-electron chi connectivity index (χ1n) is 9.75. The molecule has 32 heavy (non-hydrogen) atoms. The van der Waals surface area contributed by atoms with E-state index in [1.165, 1.54) is 39.1 Å². The molecule has 1 amide bonds. The van der Waals surface area contributed by atoms with Crippen LogP contribution in [0.25, 0.3) is 0 Å². The highest BCUT2D eigenvalue weighted by Crippen LogP contribution is 2.38. The van der Waals surface area contributed by atoms with E-state index in [-0.39, 0.29) is 28.8 Å². The highest BCUT2D eigenvalue weighted by molar-refractivity contribution is 7.93. The first-order chi connectivity index (χ1) is 14.9. The molecule has 0 bridgehead atoms. The molecule has 0 unspecified atom stereocenters. The van der Waals surface area contributed by atoms with E-state index in [0.29, 0.717) is 19.0 Å². The summed E-state index contributed by atoms with van der Waals surface area (Å²) in [5, 5.41) is 2.58. The maximum absolute atomic E-state index is 14.7. The molecule has 0 fully saturated rings. The lowest BCUT2D eigenvalue weighted by molar-refractivity contribution is 0.101. The number of carbonyl (C=O) groups is 1. The molecular formula is C20H22FN5O5S. The van der Waals surface area contributed by atoms with E-state index >= 15 is 0 Å². The summed E-state index contributed by atoms with van der Waals surface area (Å²) in [6.45, 7) is 5.07. The Morgan fingerprint density at radius 1 is 1.22 bits per heavy atom. The number of aromatic nitrogens is 2. The standard InChI is InChI=1S/C20H22FN5O5S/c1-19(2)18(22)26-20(3,10-32(19,28)29)12-8-11(4-5-13(12)21)24-16(27)15-23-9-14-17(25-15)31-7-6-30-14/h4-5,8-9H,6-7,10H2,1-3H3,(H2,22,26)(H,24,27)/t20-/m0/s1. The Balaban J connectivity index is 1.65. The summed E-state index contributed by atoms with van der Waals surface area (Å²) in [5.41, 5.74) is 4.68. The minimum absolute atomic E-state index is 0.0135. The van der Waals surface area contributed by atoms with Crippen molar-refractivity contribution in [2.75, 3.05) is 24.3 Å². The summed E-state index contributed by atoms with van der Waals surface area (Å²) >= 11 is 0. The third-order valence-corrected chi connectivity index (χ3v) is 8.25. The number of carbonyl (C=O) groups excluding carboxylic acids is 1. The van der Waals surface area contributed by atoms with Crippen molar-refractivity contribution < 1.29 is 27.1 Å². The van der Waals surface area contributed by atoms with Crippen LogP contribution in [0.4, 0.5) is 10.1 Å². The smallest absolute Gasteiger partial charge is 0.293 e. The van der Waals surface area contributed by atoms with E-state index in [9.17, 15) is 17.6 Å². The second-order valence-electron chi connectivity index (χ2n) is 8.25. The lowest BCUT2D eigenvalue weighted by atomic mass is 9.92. The maximum atomic E-state index is 14.7. The van der Waals surface area contributed by atoms with Gasteiger partial charge in [0.15, 0.2) is 15.6 Å². The van der Waals surface area contributed by atoms with Gasteiger partial charge in [0, 0.05) is 11.3 Å². The number of hydrogen-bond acceptors (Lipinski definition) is 9. The molecule has 0 saturated heterocycles. The Hall–Kier alpha value is -3.28. The third kappa shape index (κ3) is 3.64. The molecule has 1 aromatic carbocycles. The minimum atomic E-state index is -3.73. The summed E-state index contributed by atoms with van der Waals surface area (Å²) in [6.07, 6.45) is 1.33. The Kier molecular flexibility index (Phi) is 5.07. The average Bonchev–Trinajstić information content (AvgIpc) is 2.73. The van der Waals surface area contributed by atoms with E-state index in [0.717, 1.165) is 6.07 Å². The predicted octanol–water partition coefficient (Wildman–Crippen LogP) is 1.42. The molecule has 12 heteroatoms. The number of nitrogens with one attached hydrogen (secondary N) is 1. The van der Waals surface area contributed by atoms with Crippen LogP contribution in [0.1, 0.15) is 37.0 Å². The molecule has 4 rings (SSSR count). The van der Waals surface area contributed by atoms with Crippen LogP contribution in [0.15, 0.2) is 29.4 Å². The molecular weight excluding hydrogens is 441 g/mol.